The average molecular weight is 279 g/mol. The number of benzene rings is 1. The van der Waals surface area contributed by atoms with Gasteiger partial charge in [-0.05, 0) is 44.0 Å². The highest BCUT2D eigenvalue weighted by molar-refractivity contribution is 5.49. The lowest BCUT2D eigenvalue weighted by atomic mass is 10.1. The quantitative estimate of drug-likeness (QED) is 0.900. The predicted octanol–water partition coefficient (Wildman–Crippen LogP) is 2.98. The molecule has 1 saturated heterocycles. The van der Waals surface area contributed by atoms with Crippen molar-refractivity contribution in [2.24, 2.45) is 5.92 Å². The number of nitriles is 1. The lowest BCUT2D eigenvalue weighted by Crippen LogP contribution is -2.29. The van der Waals surface area contributed by atoms with E-state index < -0.39 is 11.6 Å². The molecule has 2 rings (SSSR count). The summed E-state index contributed by atoms with van der Waals surface area (Å²) < 4.78 is 27.2. The summed E-state index contributed by atoms with van der Waals surface area (Å²) in [5.41, 5.74) is -0.145. The fraction of sp³-hybridized carbons (Fsp3) is 0.533. The van der Waals surface area contributed by atoms with E-state index in [1.807, 2.05) is 0 Å². The molecule has 1 heterocycles. The molecule has 1 aliphatic heterocycles. The van der Waals surface area contributed by atoms with E-state index in [-0.39, 0.29) is 11.3 Å². The molecule has 1 aromatic rings. The van der Waals surface area contributed by atoms with Crippen LogP contribution in [0.15, 0.2) is 12.1 Å². The minimum Gasteiger partial charge on any atom is -0.382 e. The Hall–Kier alpha value is -1.67. The summed E-state index contributed by atoms with van der Waals surface area (Å²) in [7, 11) is 0. The first kappa shape index (κ1) is 14.7. The molecule has 0 amide bonds. The van der Waals surface area contributed by atoms with Crippen LogP contribution in [0.5, 0.6) is 0 Å². The van der Waals surface area contributed by atoms with Gasteiger partial charge in [-0.2, -0.15) is 5.26 Å². The van der Waals surface area contributed by atoms with Crippen LogP contribution in [0.25, 0.3) is 0 Å². The molecule has 1 atom stereocenters. The van der Waals surface area contributed by atoms with Gasteiger partial charge < -0.3 is 10.2 Å². The summed E-state index contributed by atoms with van der Waals surface area (Å²) in [6.07, 6.45) is 2.49. The van der Waals surface area contributed by atoms with E-state index in [4.69, 9.17) is 5.26 Å². The smallest absolute Gasteiger partial charge is 0.183 e. The number of likely N-dealkylation sites (tertiary alicyclic amines) is 1. The van der Waals surface area contributed by atoms with Crippen molar-refractivity contribution in [2.45, 2.75) is 19.8 Å². The van der Waals surface area contributed by atoms with Gasteiger partial charge in [0.15, 0.2) is 11.6 Å². The fourth-order valence-corrected chi connectivity index (χ4v) is 2.53. The maximum absolute atomic E-state index is 13.7. The van der Waals surface area contributed by atoms with Crippen LogP contribution in [0, 0.1) is 28.9 Å². The van der Waals surface area contributed by atoms with Gasteiger partial charge in [0.05, 0.1) is 11.3 Å². The molecule has 1 N–H and O–H groups in total. The van der Waals surface area contributed by atoms with Crippen molar-refractivity contribution < 1.29 is 8.78 Å². The number of rotatable bonds is 5. The molecule has 20 heavy (non-hydrogen) atoms. The van der Waals surface area contributed by atoms with Crippen molar-refractivity contribution in [1.29, 1.82) is 5.26 Å². The Kier molecular flexibility index (Phi) is 4.91. The van der Waals surface area contributed by atoms with E-state index in [9.17, 15) is 8.78 Å². The first-order chi connectivity index (χ1) is 9.61. The predicted molar refractivity (Wildman–Crippen MR) is 74.4 cm³/mol. The summed E-state index contributed by atoms with van der Waals surface area (Å²) >= 11 is 0. The molecule has 0 aliphatic carbocycles. The second-order valence-electron chi connectivity index (χ2n) is 5.39. The Labute approximate surface area is 118 Å². The number of halogens is 2. The molecule has 108 valence electrons. The Balaban J connectivity index is 1.90. The fourth-order valence-electron chi connectivity index (χ4n) is 2.53. The Bertz CT molecular complexity index is 505. The minimum atomic E-state index is -1.08. The topological polar surface area (TPSA) is 39.1 Å². The number of nitrogens with zero attached hydrogens (tertiary/aromatic N) is 2. The van der Waals surface area contributed by atoms with Crippen molar-refractivity contribution in [3.8, 4) is 6.07 Å². The van der Waals surface area contributed by atoms with E-state index in [1.54, 1.807) is 6.07 Å². The largest absolute Gasteiger partial charge is 0.382 e. The monoisotopic (exact) mass is 279 g/mol. The summed E-state index contributed by atoms with van der Waals surface area (Å²) in [5, 5.41) is 11.6. The van der Waals surface area contributed by atoms with Crippen molar-refractivity contribution in [3.05, 3.63) is 29.3 Å². The van der Waals surface area contributed by atoms with Crippen molar-refractivity contribution in [1.82, 2.24) is 4.90 Å². The van der Waals surface area contributed by atoms with Crippen LogP contribution in [0.1, 0.15) is 25.3 Å². The third kappa shape index (κ3) is 3.45. The van der Waals surface area contributed by atoms with Crippen molar-refractivity contribution in [2.75, 3.05) is 31.5 Å². The summed E-state index contributed by atoms with van der Waals surface area (Å²) in [4.78, 5) is 2.39. The zero-order valence-corrected chi connectivity index (χ0v) is 11.6. The van der Waals surface area contributed by atoms with Gasteiger partial charge in [0.1, 0.15) is 6.07 Å². The average Bonchev–Trinajstić information content (AvgIpc) is 2.93. The van der Waals surface area contributed by atoms with Crippen LogP contribution in [0.3, 0.4) is 0 Å². The van der Waals surface area contributed by atoms with E-state index >= 15 is 0 Å². The van der Waals surface area contributed by atoms with Crippen molar-refractivity contribution in [3.63, 3.8) is 0 Å². The Morgan fingerprint density at radius 2 is 2.00 bits per heavy atom. The van der Waals surface area contributed by atoms with E-state index in [0.717, 1.165) is 19.6 Å². The third-order valence-electron chi connectivity index (χ3n) is 3.61. The molecular formula is C15H19F2N3. The van der Waals surface area contributed by atoms with Crippen LogP contribution >= 0.6 is 0 Å². The molecule has 0 radical (unpaired) electrons. The molecule has 0 bridgehead atoms. The van der Waals surface area contributed by atoms with Gasteiger partial charge in [-0.1, -0.05) is 6.92 Å². The molecular weight excluding hydrogens is 260 g/mol. The van der Waals surface area contributed by atoms with E-state index in [1.165, 1.54) is 25.0 Å². The lowest BCUT2D eigenvalue weighted by molar-refractivity contribution is 0.294. The second-order valence-corrected chi connectivity index (χ2v) is 5.39. The molecule has 0 aromatic heterocycles. The minimum absolute atomic E-state index is 0.120. The molecule has 5 heteroatoms. The molecule has 0 saturated carbocycles. The first-order valence-electron chi connectivity index (χ1n) is 6.96. The molecule has 1 aliphatic rings. The van der Waals surface area contributed by atoms with Gasteiger partial charge in [0, 0.05) is 13.1 Å². The number of hydrogen-bond donors (Lipinski definition) is 1. The van der Waals surface area contributed by atoms with Crippen LogP contribution in [-0.2, 0) is 0 Å². The highest BCUT2D eigenvalue weighted by Gasteiger charge is 2.16. The lowest BCUT2D eigenvalue weighted by Gasteiger charge is -2.21. The molecule has 1 unspecified atom stereocenters. The Morgan fingerprint density at radius 1 is 1.30 bits per heavy atom. The molecule has 1 aromatic carbocycles. The molecule has 1 fully saturated rings. The van der Waals surface area contributed by atoms with Gasteiger partial charge in [-0.3, -0.25) is 0 Å². The maximum Gasteiger partial charge on any atom is 0.183 e. The SMILES string of the molecule is CC(CNc1ccc(C#N)c(F)c1F)CN1CCCC1. The van der Waals surface area contributed by atoms with Gasteiger partial charge in [-0.15, -0.1) is 0 Å². The highest BCUT2D eigenvalue weighted by atomic mass is 19.2. The maximum atomic E-state index is 13.7. The Morgan fingerprint density at radius 3 is 2.65 bits per heavy atom. The highest BCUT2D eigenvalue weighted by Crippen LogP contribution is 2.20. The second kappa shape index (κ2) is 6.67. The number of hydrogen-bond acceptors (Lipinski definition) is 3. The van der Waals surface area contributed by atoms with Crippen LogP contribution in [-0.4, -0.2) is 31.1 Å². The van der Waals surface area contributed by atoms with Crippen LogP contribution in [0.2, 0.25) is 0 Å². The van der Waals surface area contributed by atoms with Gasteiger partial charge in [0.25, 0.3) is 0 Å². The van der Waals surface area contributed by atoms with Crippen LogP contribution < -0.4 is 5.32 Å². The standard InChI is InChI=1S/C15H19F2N3/c1-11(10-20-6-2-3-7-20)9-19-13-5-4-12(8-18)14(16)15(13)17/h4-5,11,19H,2-3,6-7,9-10H2,1H3. The number of nitrogens with one attached hydrogen (secondary N) is 1. The molecule has 0 spiro atoms. The summed E-state index contributed by atoms with van der Waals surface area (Å²) in [6, 6.07) is 4.34. The summed E-state index contributed by atoms with van der Waals surface area (Å²) in [6.45, 7) is 5.89. The van der Waals surface area contributed by atoms with Crippen LogP contribution in [0.4, 0.5) is 14.5 Å². The third-order valence-corrected chi connectivity index (χ3v) is 3.61. The summed E-state index contributed by atoms with van der Waals surface area (Å²) in [5.74, 6) is -1.70. The molecule has 3 nitrogen and oxygen atoms in total. The van der Waals surface area contributed by atoms with Crippen molar-refractivity contribution >= 4 is 5.69 Å². The van der Waals surface area contributed by atoms with Gasteiger partial charge >= 0.3 is 0 Å². The zero-order chi connectivity index (χ0) is 14.5. The van der Waals surface area contributed by atoms with Gasteiger partial charge in [-0.25, -0.2) is 8.78 Å². The van der Waals surface area contributed by atoms with E-state index in [0.29, 0.717) is 12.5 Å². The van der Waals surface area contributed by atoms with Gasteiger partial charge in [0.2, 0.25) is 0 Å². The first-order valence-corrected chi connectivity index (χ1v) is 6.96. The van der Waals surface area contributed by atoms with E-state index in [2.05, 4.69) is 17.1 Å². The normalized spacial score (nSPS) is 16.9. The zero-order valence-electron chi connectivity index (χ0n) is 11.6. The number of anilines is 1.